The van der Waals surface area contributed by atoms with Crippen LogP contribution in [0.15, 0.2) is 43.2 Å². The Balaban J connectivity index is 1.86. The van der Waals surface area contributed by atoms with E-state index in [-0.39, 0.29) is 0 Å². The number of hydrogen-bond acceptors (Lipinski definition) is 5. The van der Waals surface area contributed by atoms with Crippen LogP contribution in [0, 0.1) is 0 Å². The zero-order valence-electron chi connectivity index (χ0n) is 11.7. The minimum atomic E-state index is -0.415. The second-order valence-electron chi connectivity index (χ2n) is 4.74. The highest BCUT2D eigenvalue weighted by Gasteiger charge is 2.10. The lowest BCUT2D eigenvalue weighted by Gasteiger charge is -2.10. The molecule has 0 fully saturated rings. The summed E-state index contributed by atoms with van der Waals surface area (Å²) in [5, 5.41) is 21.5. The summed E-state index contributed by atoms with van der Waals surface area (Å²) >= 11 is 0. The lowest BCUT2D eigenvalue weighted by atomic mass is 10.2. The molecule has 0 unspecified atom stereocenters. The molecule has 0 aliphatic heterocycles. The van der Waals surface area contributed by atoms with E-state index in [0.717, 1.165) is 17.1 Å². The molecule has 0 radical (unpaired) electrons. The van der Waals surface area contributed by atoms with Crippen molar-refractivity contribution in [3.63, 3.8) is 0 Å². The summed E-state index contributed by atoms with van der Waals surface area (Å²) < 4.78 is 3.55. The van der Waals surface area contributed by atoms with Crippen LogP contribution in [0.3, 0.4) is 0 Å². The molecule has 108 valence electrons. The van der Waals surface area contributed by atoms with E-state index in [4.69, 9.17) is 0 Å². The molecule has 0 aliphatic carbocycles. The van der Waals surface area contributed by atoms with Gasteiger partial charge < -0.3 is 5.11 Å². The summed E-state index contributed by atoms with van der Waals surface area (Å²) in [4.78, 5) is 4.28. The third kappa shape index (κ3) is 2.82. The molecular weight excluding hydrogens is 268 g/mol. The van der Waals surface area contributed by atoms with Gasteiger partial charge in [-0.05, 0) is 30.7 Å². The van der Waals surface area contributed by atoms with Gasteiger partial charge in [0.15, 0.2) is 5.82 Å². The van der Waals surface area contributed by atoms with Gasteiger partial charge in [0, 0.05) is 11.3 Å². The van der Waals surface area contributed by atoms with Gasteiger partial charge in [0.05, 0.1) is 12.6 Å². The molecule has 7 heteroatoms. The van der Waals surface area contributed by atoms with Crippen LogP contribution >= 0.6 is 0 Å². The summed E-state index contributed by atoms with van der Waals surface area (Å²) in [6.07, 6.45) is 5.07. The fourth-order valence-electron chi connectivity index (χ4n) is 2.07. The first-order valence-corrected chi connectivity index (χ1v) is 6.79. The van der Waals surface area contributed by atoms with Crippen molar-refractivity contribution in [2.75, 3.05) is 0 Å². The van der Waals surface area contributed by atoms with Gasteiger partial charge in [-0.1, -0.05) is 6.92 Å². The Bertz CT molecular complexity index is 689. The largest absolute Gasteiger partial charge is 0.391 e. The number of nitrogens with zero attached hydrogens (tertiary/aromatic N) is 6. The van der Waals surface area contributed by atoms with Crippen LogP contribution in [-0.2, 0) is 6.54 Å². The highest BCUT2D eigenvalue weighted by atomic mass is 16.3. The Kier molecular flexibility index (Phi) is 3.74. The molecule has 3 aromatic rings. The fraction of sp³-hybridized carbons (Fsp3) is 0.286. The Morgan fingerprint density at radius 2 is 1.86 bits per heavy atom. The molecule has 3 rings (SSSR count). The number of aromatic nitrogens is 6. The number of hydrogen-bond donors (Lipinski definition) is 1. The number of aliphatic hydroxyl groups is 1. The van der Waals surface area contributed by atoms with Gasteiger partial charge in [0.2, 0.25) is 0 Å². The second-order valence-corrected chi connectivity index (χ2v) is 4.74. The minimum absolute atomic E-state index is 0.415. The summed E-state index contributed by atoms with van der Waals surface area (Å²) in [5.41, 5.74) is 1.93. The maximum Gasteiger partial charge on any atom is 0.158 e. The van der Waals surface area contributed by atoms with Crippen LogP contribution < -0.4 is 0 Å². The number of rotatable bonds is 5. The van der Waals surface area contributed by atoms with Crippen molar-refractivity contribution in [2.24, 2.45) is 0 Å². The van der Waals surface area contributed by atoms with Crippen molar-refractivity contribution < 1.29 is 5.11 Å². The van der Waals surface area contributed by atoms with E-state index < -0.39 is 6.10 Å². The molecule has 21 heavy (non-hydrogen) atoms. The first-order valence-electron chi connectivity index (χ1n) is 6.79. The molecule has 0 amide bonds. The van der Waals surface area contributed by atoms with Crippen molar-refractivity contribution in [1.82, 2.24) is 29.5 Å². The first kappa shape index (κ1) is 13.4. The van der Waals surface area contributed by atoms with Gasteiger partial charge in [-0.25, -0.2) is 9.67 Å². The van der Waals surface area contributed by atoms with Gasteiger partial charge in [-0.3, -0.25) is 4.57 Å². The molecule has 2 heterocycles. The van der Waals surface area contributed by atoms with Gasteiger partial charge in [0.1, 0.15) is 19.0 Å². The van der Waals surface area contributed by atoms with Crippen LogP contribution in [0.5, 0.6) is 0 Å². The molecule has 1 N–H and O–H groups in total. The molecule has 7 nitrogen and oxygen atoms in total. The standard InChI is InChI=1S/C14H16N6O/c1-2-13(21)7-20-14(15-8-18-20)11-3-5-12(6-4-11)19-9-16-17-10-19/h3-6,8-10,13,21H,2,7H2,1H3/t13-/m0/s1. The maximum atomic E-state index is 9.76. The Morgan fingerprint density at radius 3 is 2.52 bits per heavy atom. The highest BCUT2D eigenvalue weighted by molar-refractivity contribution is 5.57. The van der Waals surface area contributed by atoms with E-state index in [9.17, 15) is 5.11 Å². The molecule has 0 bridgehead atoms. The third-order valence-electron chi connectivity index (χ3n) is 3.31. The first-order chi connectivity index (χ1) is 10.3. The van der Waals surface area contributed by atoms with Crippen LogP contribution in [-0.4, -0.2) is 40.7 Å². The topological polar surface area (TPSA) is 81.6 Å². The predicted molar refractivity (Wildman–Crippen MR) is 76.7 cm³/mol. The van der Waals surface area contributed by atoms with Crippen LogP contribution in [0.1, 0.15) is 13.3 Å². The average molecular weight is 284 g/mol. The normalized spacial score (nSPS) is 12.5. The average Bonchev–Trinajstić information content (AvgIpc) is 3.19. The Morgan fingerprint density at radius 1 is 1.14 bits per heavy atom. The predicted octanol–water partition coefficient (Wildman–Crippen LogP) is 1.30. The lowest BCUT2D eigenvalue weighted by molar-refractivity contribution is 0.146. The summed E-state index contributed by atoms with van der Waals surface area (Å²) in [6, 6.07) is 7.87. The van der Waals surface area contributed by atoms with Crippen LogP contribution in [0.25, 0.3) is 17.1 Å². The summed E-state index contributed by atoms with van der Waals surface area (Å²) in [7, 11) is 0. The van der Waals surface area contributed by atoms with Crippen LogP contribution in [0.4, 0.5) is 0 Å². The minimum Gasteiger partial charge on any atom is -0.391 e. The van der Waals surface area contributed by atoms with E-state index in [0.29, 0.717) is 13.0 Å². The monoisotopic (exact) mass is 284 g/mol. The second kappa shape index (κ2) is 5.84. The van der Waals surface area contributed by atoms with Gasteiger partial charge in [-0.15, -0.1) is 10.2 Å². The zero-order valence-corrected chi connectivity index (χ0v) is 11.7. The third-order valence-corrected chi connectivity index (χ3v) is 3.31. The van der Waals surface area contributed by atoms with Gasteiger partial charge in [-0.2, -0.15) is 5.10 Å². The maximum absolute atomic E-state index is 9.76. The molecule has 2 aromatic heterocycles. The van der Waals surface area contributed by atoms with E-state index in [1.54, 1.807) is 17.3 Å². The molecule has 0 saturated carbocycles. The molecule has 0 saturated heterocycles. The quantitative estimate of drug-likeness (QED) is 0.763. The van der Waals surface area contributed by atoms with Crippen molar-refractivity contribution in [3.05, 3.63) is 43.2 Å². The lowest BCUT2D eigenvalue weighted by Crippen LogP contribution is -2.16. The van der Waals surface area contributed by atoms with E-state index in [2.05, 4.69) is 20.3 Å². The molecule has 0 aliphatic rings. The van der Waals surface area contributed by atoms with Gasteiger partial charge >= 0.3 is 0 Å². The molecule has 1 aromatic carbocycles. The van der Waals surface area contributed by atoms with Crippen LogP contribution in [0.2, 0.25) is 0 Å². The molecule has 1 atom stereocenters. The van der Waals surface area contributed by atoms with E-state index >= 15 is 0 Å². The summed E-state index contributed by atoms with van der Waals surface area (Å²) in [6.45, 7) is 2.38. The highest BCUT2D eigenvalue weighted by Crippen LogP contribution is 2.19. The molecule has 0 spiro atoms. The van der Waals surface area contributed by atoms with Crippen molar-refractivity contribution in [1.29, 1.82) is 0 Å². The number of aliphatic hydroxyl groups excluding tert-OH is 1. The van der Waals surface area contributed by atoms with Crippen molar-refractivity contribution >= 4 is 0 Å². The van der Waals surface area contributed by atoms with Crippen molar-refractivity contribution in [2.45, 2.75) is 26.0 Å². The number of benzene rings is 1. The SMILES string of the molecule is CC[C@H](O)Cn1ncnc1-c1ccc(-n2cnnc2)cc1. The Labute approximate surface area is 121 Å². The van der Waals surface area contributed by atoms with E-state index in [1.165, 1.54) is 6.33 Å². The Hall–Kier alpha value is -2.54. The summed E-state index contributed by atoms with van der Waals surface area (Å²) in [5.74, 6) is 0.748. The van der Waals surface area contributed by atoms with E-state index in [1.807, 2.05) is 35.8 Å². The van der Waals surface area contributed by atoms with Crippen molar-refractivity contribution in [3.8, 4) is 17.1 Å². The van der Waals surface area contributed by atoms with Gasteiger partial charge in [0.25, 0.3) is 0 Å². The molecular formula is C14H16N6O. The smallest absolute Gasteiger partial charge is 0.158 e. The fourth-order valence-corrected chi connectivity index (χ4v) is 2.07. The zero-order chi connectivity index (χ0) is 14.7.